The van der Waals surface area contributed by atoms with Crippen LogP contribution >= 0.6 is 0 Å². The molecule has 0 spiro atoms. The first-order chi connectivity index (χ1) is 12.1. The van der Waals surface area contributed by atoms with Crippen LogP contribution in [0.1, 0.15) is 38.3 Å². The molecule has 1 aliphatic rings. The molecule has 1 fully saturated rings. The summed E-state index contributed by atoms with van der Waals surface area (Å²) in [4.78, 5) is 15.0. The van der Waals surface area contributed by atoms with Gasteiger partial charge in [-0.3, -0.25) is 9.69 Å². The normalized spacial score (nSPS) is 17.3. The fraction of sp³-hybridized carbons (Fsp3) is 0.632. The predicted molar refractivity (Wildman–Crippen MR) is 96.6 cm³/mol. The monoisotopic (exact) mass is 351 g/mol. The van der Waals surface area contributed by atoms with Crippen LogP contribution in [-0.4, -0.2) is 50.2 Å². The van der Waals surface area contributed by atoms with E-state index in [4.69, 9.17) is 10.5 Å². The fourth-order valence-corrected chi connectivity index (χ4v) is 3.36. The Morgan fingerprint density at radius 3 is 2.40 bits per heavy atom. The Balaban J connectivity index is 2.13. The van der Waals surface area contributed by atoms with Crippen molar-refractivity contribution in [3.8, 4) is 0 Å². The average Bonchev–Trinajstić information content (AvgIpc) is 2.66. The van der Waals surface area contributed by atoms with Crippen molar-refractivity contribution in [2.45, 2.75) is 32.7 Å². The molecule has 1 unspecified atom stereocenters. The standard InChI is InChI=1S/C19H30FN3O2/c1-3-19(4-2,14-21)18(24)22-13-17(23-9-11-25-12-10-23)15-5-7-16(20)8-6-15/h5-8,17H,3-4,9-14,21H2,1-2H3,(H,22,24). The number of hydrogen-bond donors (Lipinski definition) is 2. The lowest BCUT2D eigenvalue weighted by atomic mass is 9.81. The molecule has 0 saturated carbocycles. The molecule has 5 nitrogen and oxygen atoms in total. The topological polar surface area (TPSA) is 67.6 Å². The van der Waals surface area contributed by atoms with Crippen molar-refractivity contribution < 1.29 is 13.9 Å². The van der Waals surface area contributed by atoms with Crippen LogP contribution in [0.2, 0.25) is 0 Å². The first-order valence-corrected chi connectivity index (χ1v) is 9.12. The minimum Gasteiger partial charge on any atom is -0.379 e. The van der Waals surface area contributed by atoms with E-state index in [2.05, 4.69) is 10.2 Å². The van der Waals surface area contributed by atoms with Crippen LogP contribution < -0.4 is 11.1 Å². The summed E-state index contributed by atoms with van der Waals surface area (Å²) in [5.41, 5.74) is 6.36. The molecule has 0 aromatic heterocycles. The molecule has 1 saturated heterocycles. The zero-order valence-electron chi connectivity index (χ0n) is 15.3. The first-order valence-electron chi connectivity index (χ1n) is 9.12. The third kappa shape index (κ3) is 4.77. The lowest BCUT2D eigenvalue weighted by Gasteiger charge is -2.36. The van der Waals surface area contributed by atoms with E-state index in [1.165, 1.54) is 12.1 Å². The Morgan fingerprint density at radius 2 is 1.88 bits per heavy atom. The van der Waals surface area contributed by atoms with Gasteiger partial charge in [0.1, 0.15) is 5.82 Å². The molecule has 0 aliphatic carbocycles. The molecule has 0 bridgehead atoms. The van der Waals surface area contributed by atoms with E-state index in [0.717, 1.165) is 18.7 Å². The number of halogens is 1. The smallest absolute Gasteiger partial charge is 0.227 e. The Morgan fingerprint density at radius 1 is 1.28 bits per heavy atom. The van der Waals surface area contributed by atoms with Gasteiger partial charge in [0.2, 0.25) is 5.91 Å². The minimum atomic E-state index is -0.516. The summed E-state index contributed by atoms with van der Waals surface area (Å²) in [6, 6.07) is 6.51. The molecule has 1 atom stereocenters. The summed E-state index contributed by atoms with van der Waals surface area (Å²) in [5.74, 6) is -0.256. The number of nitrogens with zero attached hydrogens (tertiary/aromatic N) is 1. The molecule has 140 valence electrons. The summed E-state index contributed by atoms with van der Waals surface area (Å²) < 4.78 is 18.7. The molecule has 1 amide bonds. The van der Waals surface area contributed by atoms with Gasteiger partial charge in [-0.25, -0.2) is 4.39 Å². The average molecular weight is 351 g/mol. The molecule has 2 rings (SSSR count). The van der Waals surface area contributed by atoms with Gasteiger partial charge in [-0.15, -0.1) is 0 Å². The Hall–Kier alpha value is -1.50. The maximum atomic E-state index is 13.3. The second-order valence-electron chi connectivity index (χ2n) is 6.62. The van der Waals surface area contributed by atoms with E-state index in [1.807, 2.05) is 13.8 Å². The van der Waals surface area contributed by atoms with Gasteiger partial charge in [0.25, 0.3) is 0 Å². The van der Waals surface area contributed by atoms with Crippen LogP contribution in [0.15, 0.2) is 24.3 Å². The lowest BCUT2D eigenvalue weighted by Crippen LogP contribution is -2.49. The van der Waals surface area contributed by atoms with Crippen molar-refractivity contribution in [3.05, 3.63) is 35.6 Å². The third-order valence-electron chi connectivity index (χ3n) is 5.42. The van der Waals surface area contributed by atoms with E-state index < -0.39 is 5.41 Å². The maximum Gasteiger partial charge on any atom is 0.227 e. The second kappa shape index (κ2) is 9.27. The van der Waals surface area contributed by atoms with Gasteiger partial charge in [0.15, 0.2) is 0 Å². The van der Waals surface area contributed by atoms with Crippen LogP contribution in [-0.2, 0) is 9.53 Å². The molecule has 1 heterocycles. The van der Waals surface area contributed by atoms with Crippen molar-refractivity contribution in [1.29, 1.82) is 0 Å². The van der Waals surface area contributed by atoms with Gasteiger partial charge in [0, 0.05) is 26.2 Å². The highest BCUT2D eigenvalue weighted by atomic mass is 19.1. The quantitative estimate of drug-likeness (QED) is 0.752. The van der Waals surface area contributed by atoms with Gasteiger partial charge in [-0.05, 0) is 30.5 Å². The number of hydrogen-bond acceptors (Lipinski definition) is 4. The molecular formula is C19H30FN3O2. The number of morpholine rings is 1. The fourth-order valence-electron chi connectivity index (χ4n) is 3.36. The van der Waals surface area contributed by atoms with Crippen molar-refractivity contribution >= 4 is 5.91 Å². The van der Waals surface area contributed by atoms with Crippen LogP contribution in [0.3, 0.4) is 0 Å². The van der Waals surface area contributed by atoms with Crippen molar-refractivity contribution in [2.24, 2.45) is 11.1 Å². The molecule has 1 aromatic rings. The van der Waals surface area contributed by atoms with Crippen LogP contribution in [0.25, 0.3) is 0 Å². The van der Waals surface area contributed by atoms with E-state index in [1.54, 1.807) is 12.1 Å². The summed E-state index contributed by atoms with van der Waals surface area (Å²) >= 11 is 0. The zero-order chi connectivity index (χ0) is 18.3. The molecular weight excluding hydrogens is 321 g/mol. The highest BCUT2D eigenvalue weighted by molar-refractivity contribution is 5.82. The Labute approximate surface area is 149 Å². The summed E-state index contributed by atoms with van der Waals surface area (Å²) in [7, 11) is 0. The number of carbonyl (C=O) groups is 1. The first kappa shape index (κ1) is 19.8. The number of benzene rings is 1. The van der Waals surface area contributed by atoms with E-state index >= 15 is 0 Å². The highest BCUT2D eigenvalue weighted by Crippen LogP contribution is 2.26. The number of carbonyl (C=O) groups excluding carboxylic acids is 1. The number of amides is 1. The largest absolute Gasteiger partial charge is 0.379 e. The number of nitrogens with one attached hydrogen (secondary N) is 1. The summed E-state index contributed by atoms with van der Waals surface area (Å²) in [5, 5.41) is 3.09. The van der Waals surface area contributed by atoms with E-state index in [0.29, 0.717) is 39.1 Å². The second-order valence-corrected chi connectivity index (χ2v) is 6.62. The Bertz CT molecular complexity index is 532. The van der Waals surface area contributed by atoms with Crippen LogP contribution in [0, 0.1) is 11.2 Å². The molecule has 0 radical (unpaired) electrons. The van der Waals surface area contributed by atoms with E-state index in [9.17, 15) is 9.18 Å². The lowest BCUT2D eigenvalue weighted by molar-refractivity contribution is -0.131. The predicted octanol–water partition coefficient (Wildman–Crippen LogP) is 2.08. The van der Waals surface area contributed by atoms with Gasteiger partial charge < -0.3 is 15.8 Å². The van der Waals surface area contributed by atoms with Gasteiger partial charge >= 0.3 is 0 Å². The Kier molecular flexibility index (Phi) is 7.35. The van der Waals surface area contributed by atoms with Gasteiger partial charge in [0.05, 0.1) is 24.7 Å². The van der Waals surface area contributed by atoms with Crippen LogP contribution in [0.4, 0.5) is 4.39 Å². The SMILES string of the molecule is CCC(CC)(CN)C(=O)NCC(c1ccc(F)cc1)N1CCOCC1. The van der Waals surface area contributed by atoms with Crippen molar-refractivity contribution in [2.75, 3.05) is 39.4 Å². The third-order valence-corrected chi connectivity index (χ3v) is 5.42. The molecule has 25 heavy (non-hydrogen) atoms. The minimum absolute atomic E-state index is 0.000344. The van der Waals surface area contributed by atoms with Crippen molar-refractivity contribution in [1.82, 2.24) is 10.2 Å². The molecule has 1 aliphatic heterocycles. The maximum absolute atomic E-state index is 13.3. The number of rotatable bonds is 8. The van der Waals surface area contributed by atoms with Gasteiger partial charge in [-0.2, -0.15) is 0 Å². The van der Waals surface area contributed by atoms with E-state index in [-0.39, 0.29) is 17.8 Å². The highest BCUT2D eigenvalue weighted by Gasteiger charge is 2.34. The summed E-state index contributed by atoms with van der Waals surface area (Å²) in [6.07, 6.45) is 1.43. The molecule has 1 aromatic carbocycles. The number of nitrogens with two attached hydrogens (primary N) is 1. The zero-order valence-corrected chi connectivity index (χ0v) is 15.3. The van der Waals surface area contributed by atoms with Gasteiger partial charge in [-0.1, -0.05) is 26.0 Å². The molecule has 3 N–H and O–H groups in total. The summed E-state index contributed by atoms with van der Waals surface area (Å²) in [6.45, 7) is 7.73. The number of ether oxygens (including phenoxy) is 1. The van der Waals surface area contributed by atoms with Crippen molar-refractivity contribution in [3.63, 3.8) is 0 Å². The molecule has 6 heteroatoms. The van der Waals surface area contributed by atoms with Crippen LogP contribution in [0.5, 0.6) is 0 Å².